The summed E-state index contributed by atoms with van der Waals surface area (Å²) >= 11 is 0. The van der Waals surface area contributed by atoms with Crippen molar-refractivity contribution in [2.24, 2.45) is 0 Å². The molecule has 2 N–H and O–H groups in total. The highest BCUT2D eigenvalue weighted by Gasteiger charge is 2.16. The summed E-state index contributed by atoms with van der Waals surface area (Å²) in [5.74, 6) is 0.0902. The molecule has 100 valence electrons. The highest BCUT2D eigenvalue weighted by molar-refractivity contribution is 5.77. The second-order valence-electron chi connectivity index (χ2n) is 4.63. The average Bonchev–Trinajstić information content (AvgIpc) is 2.79. The van der Waals surface area contributed by atoms with E-state index in [0.29, 0.717) is 13.1 Å². The number of nitrogens with one attached hydrogen (secondary N) is 2. The van der Waals surface area contributed by atoms with E-state index < -0.39 is 0 Å². The van der Waals surface area contributed by atoms with Gasteiger partial charge in [-0.25, -0.2) is 0 Å². The number of carbonyl (C=O) groups excluding carboxylic acids is 1. The Morgan fingerprint density at radius 1 is 1.53 bits per heavy atom. The Kier molecular flexibility index (Phi) is 7.16. The van der Waals surface area contributed by atoms with Gasteiger partial charge in [-0.2, -0.15) is 0 Å². The molecule has 1 saturated heterocycles. The van der Waals surface area contributed by atoms with Crippen LogP contribution in [0.5, 0.6) is 0 Å². The fourth-order valence-corrected chi connectivity index (χ4v) is 1.94. The van der Waals surface area contributed by atoms with Crippen molar-refractivity contribution in [3.05, 3.63) is 0 Å². The van der Waals surface area contributed by atoms with Gasteiger partial charge in [-0.1, -0.05) is 0 Å². The molecule has 0 aliphatic carbocycles. The molecule has 0 spiro atoms. The highest BCUT2D eigenvalue weighted by Crippen LogP contribution is 2.10. The van der Waals surface area contributed by atoms with Gasteiger partial charge in [0.2, 0.25) is 5.91 Å². The molecular formula is C12H25N3O2. The Morgan fingerprint density at radius 2 is 2.35 bits per heavy atom. The Labute approximate surface area is 104 Å². The molecule has 1 rings (SSSR count). The second-order valence-corrected chi connectivity index (χ2v) is 4.63. The minimum absolute atomic E-state index is 0.0902. The van der Waals surface area contributed by atoms with Gasteiger partial charge in [0.15, 0.2) is 0 Å². The van der Waals surface area contributed by atoms with E-state index in [1.54, 1.807) is 0 Å². The maximum Gasteiger partial charge on any atom is 0.234 e. The quantitative estimate of drug-likeness (QED) is 0.581. The van der Waals surface area contributed by atoms with E-state index in [2.05, 4.69) is 10.6 Å². The molecule has 1 unspecified atom stereocenters. The topological polar surface area (TPSA) is 53.6 Å². The minimum atomic E-state index is 0.0902. The molecule has 0 saturated carbocycles. The summed E-state index contributed by atoms with van der Waals surface area (Å²) in [6.45, 7) is 3.89. The van der Waals surface area contributed by atoms with Crippen LogP contribution in [0.25, 0.3) is 0 Å². The van der Waals surface area contributed by atoms with Crippen molar-refractivity contribution in [1.82, 2.24) is 15.5 Å². The van der Waals surface area contributed by atoms with Crippen LogP contribution in [-0.2, 0) is 9.53 Å². The van der Waals surface area contributed by atoms with Gasteiger partial charge in [0.1, 0.15) is 0 Å². The lowest BCUT2D eigenvalue weighted by atomic mass is 10.2. The fourth-order valence-electron chi connectivity index (χ4n) is 1.94. The summed E-state index contributed by atoms with van der Waals surface area (Å²) in [4.78, 5) is 13.7. The Bertz CT molecular complexity index is 218. The Morgan fingerprint density at radius 3 is 3.00 bits per heavy atom. The predicted octanol–water partition coefficient (Wildman–Crippen LogP) is -0.177. The number of nitrogens with zero attached hydrogens (tertiary/aromatic N) is 1. The van der Waals surface area contributed by atoms with E-state index in [0.717, 1.165) is 39.0 Å². The molecule has 1 fully saturated rings. The molecule has 1 aliphatic rings. The van der Waals surface area contributed by atoms with Crippen LogP contribution in [-0.4, -0.2) is 63.8 Å². The second kappa shape index (κ2) is 8.44. The summed E-state index contributed by atoms with van der Waals surface area (Å²) in [6, 6.07) is 0. The number of ether oxygens (including phenoxy) is 1. The molecule has 17 heavy (non-hydrogen) atoms. The zero-order chi connectivity index (χ0) is 12.5. The summed E-state index contributed by atoms with van der Waals surface area (Å²) in [5.41, 5.74) is 0. The van der Waals surface area contributed by atoms with Gasteiger partial charge in [0.25, 0.3) is 0 Å². The van der Waals surface area contributed by atoms with Crippen LogP contribution < -0.4 is 10.6 Å². The zero-order valence-electron chi connectivity index (χ0n) is 11.0. The van der Waals surface area contributed by atoms with Crippen molar-refractivity contribution < 1.29 is 9.53 Å². The van der Waals surface area contributed by atoms with Gasteiger partial charge in [-0.3, -0.25) is 9.69 Å². The molecule has 5 nitrogen and oxygen atoms in total. The van der Waals surface area contributed by atoms with E-state index in [1.165, 1.54) is 0 Å². The molecule has 0 aromatic rings. The number of hydrogen-bond donors (Lipinski definition) is 2. The molecular weight excluding hydrogens is 218 g/mol. The van der Waals surface area contributed by atoms with Crippen molar-refractivity contribution in [3.8, 4) is 0 Å². The average molecular weight is 243 g/mol. The van der Waals surface area contributed by atoms with Gasteiger partial charge in [-0.05, 0) is 46.4 Å². The van der Waals surface area contributed by atoms with Crippen LogP contribution in [0.1, 0.15) is 19.3 Å². The first-order chi connectivity index (χ1) is 8.22. The van der Waals surface area contributed by atoms with Crippen LogP contribution >= 0.6 is 0 Å². The maximum atomic E-state index is 11.6. The van der Waals surface area contributed by atoms with E-state index >= 15 is 0 Å². The van der Waals surface area contributed by atoms with Crippen molar-refractivity contribution in [3.63, 3.8) is 0 Å². The predicted molar refractivity (Wildman–Crippen MR) is 68.0 cm³/mol. The summed E-state index contributed by atoms with van der Waals surface area (Å²) in [5, 5.41) is 6.02. The first-order valence-electron chi connectivity index (χ1n) is 6.44. The van der Waals surface area contributed by atoms with Gasteiger partial charge in [0, 0.05) is 13.2 Å². The van der Waals surface area contributed by atoms with Crippen molar-refractivity contribution >= 4 is 5.91 Å². The SMILES string of the molecule is CNCCCN(C)CC(=O)NCC1CCCO1. The summed E-state index contributed by atoms with van der Waals surface area (Å²) < 4.78 is 5.45. The van der Waals surface area contributed by atoms with Gasteiger partial charge in [0.05, 0.1) is 12.6 Å². The first-order valence-corrected chi connectivity index (χ1v) is 6.44. The largest absolute Gasteiger partial charge is 0.376 e. The molecule has 0 aromatic carbocycles. The van der Waals surface area contributed by atoms with E-state index in [-0.39, 0.29) is 12.0 Å². The third-order valence-corrected chi connectivity index (χ3v) is 2.93. The lowest BCUT2D eigenvalue weighted by molar-refractivity contribution is -0.122. The third kappa shape index (κ3) is 6.61. The Balaban J connectivity index is 2.02. The molecule has 1 atom stereocenters. The van der Waals surface area contributed by atoms with Gasteiger partial charge < -0.3 is 15.4 Å². The van der Waals surface area contributed by atoms with E-state index in [1.807, 2.05) is 19.0 Å². The molecule has 1 amide bonds. The molecule has 1 aliphatic heterocycles. The smallest absolute Gasteiger partial charge is 0.234 e. The van der Waals surface area contributed by atoms with Gasteiger partial charge >= 0.3 is 0 Å². The number of rotatable bonds is 8. The summed E-state index contributed by atoms with van der Waals surface area (Å²) in [6.07, 6.45) is 3.47. The highest BCUT2D eigenvalue weighted by atomic mass is 16.5. The normalized spacial score (nSPS) is 19.8. The monoisotopic (exact) mass is 243 g/mol. The third-order valence-electron chi connectivity index (χ3n) is 2.93. The van der Waals surface area contributed by atoms with Crippen molar-refractivity contribution in [2.75, 3.05) is 46.9 Å². The van der Waals surface area contributed by atoms with Crippen LogP contribution in [0.15, 0.2) is 0 Å². The van der Waals surface area contributed by atoms with Crippen LogP contribution in [0.4, 0.5) is 0 Å². The van der Waals surface area contributed by atoms with E-state index in [4.69, 9.17) is 4.74 Å². The van der Waals surface area contributed by atoms with Crippen molar-refractivity contribution in [2.45, 2.75) is 25.4 Å². The number of carbonyl (C=O) groups is 1. The number of amides is 1. The molecule has 0 aromatic heterocycles. The standard InChI is InChI=1S/C12H25N3O2/c1-13-6-4-7-15(2)10-12(16)14-9-11-5-3-8-17-11/h11,13H,3-10H2,1-2H3,(H,14,16). The Hall–Kier alpha value is -0.650. The molecule has 1 heterocycles. The molecule has 5 heteroatoms. The van der Waals surface area contributed by atoms with E-state index in [9.17, 15) is 4.79 Å². The lowest BCUT2D eigenvalue weighted by Crippen LogP contribution is -2.39. The van der Waals surface area contributed by atoms with Crippen LogP contribution in [0, 0.1) is 0 Å². The zero-order valence-corrected chi connectivity index (χ0v) is 11.0. The maximum absolute atomic E-state index is 11.6. The fraction of sp³-hybridized carbons (Fsp3) is 0.917. The minimum Gasteiger partial charge on any atom is -0.376 e. The first kappa shape index (κ1) is 14.4. The van der Waals surface area contributed by atoms with Gasteiger partial charge in [-0.15, -0.1) is 0 Å². The number of likely N-dealkylation sites (N-methyl/N-ethyl adjacent to an activating group) is 1. The number of hydrogen-bond acceptors (Lipinski definition) is 4. The summed E-state index contributed by atoms with van der Waals surface area (Å²) in [7, 11) is 3.91. The van der Waals surface area contributed by atoms with Crippen LogP contribution in [0.2, 0.25) is 0 Å². The van der Waals surface area contributed by atoms with Crippen LogP contribution in [0.3, 0.4) is 0 Å². The lowest BCUT2D eigenvalue weighted by Gasteiger charge is -2.17. The molecule has 0 radical (unpaired) electrons. The van der Waals surface area contributed by atoms with Crippen molar-refractivity contribution in [1.29, 1.82) is 0 Å². The molecule has 0 bridgehead atoms.